The lowest BCUT2D eigenvalue weighted by Crippen LogP contribution is -2.14. The number of rotatable bonds is 5. The van der Waals surface area contributed by atoms with E-state index in [1.165, 1.54) is 6.07 Å². The van der Waals surface area contributed by atoms with Crippen molar-refractivity contribution in [2.45, 2.75) is 17.4 Å². The molecular weight excluding hydrogens is 363 g/mol. The second-order valence-corrected chi connectivity index (χ2v) is 6.66. The maximum atomic E-state index is 13.4. The third kappa shape index (κ3) is 4.48. The molecule has 2 aromatic rings. The van der Waals surface area contributed by atoms with E-state index in [4.69, 9.17) is 11.6 Å². The highest BCUT2D eigenvalue weighted by Crippen LogP contribution is 2.25. The number of thioether (sulfide) groups is 1. The molecular formula is C15H13BrClFOS. The number of aliphatic hydroxyl groups is 1. The molecule has 106 valence electrons. The van der Waals surface area contributed by atoms with E-state index in [0.29, 0.717) is 21.7 Å². The first-order chi connectivity index (χ1) is 9.56. The van der Waals surface area contributed by atoms with Gasteiger partial charge in [0.15, 0.2) is 0 Å². The minimum atomic E-state index is -0.534. The Labute approximate surface area is 135 Å². The average Bonchev–Trinajstić information content (AvgIpc) is 2.43. The molecule has 0 radical (unpaired) electrons. The third-order valence-corrected chi connectivity index (χ3v) is 5.04. The molecule has 1 atom stereocenters. The quantitative estimate of drug-likeness (QED) is 0.747. The highest BCUT2D eigenvalue weighted by molar-refractivity contribution is 9.10. The van der Waals surface area contributed by atoms with Gasteiger partial charge in [0.05, 0.1) is 10.6 Å². The number of benzene rings is 2. The number of hydrogen-bond acceptors (Lipinski definition) is 2. The molecule has 1 nitrogen and oxygen atoms in total. The van der Waals surface area contributed by atoms with Crippen LogP contribution in [0.15, 0.2) is 51.8 Å². The molecule has 5 heteroatoms. The lowest BCUT2D eigenvalue weighted by Gasteiger charge is -2.12. The van der Waals surface area contributed by atoms with Gasteiger partial charge in [0.25, 0.3) is 0 Å². The molecule has 0 spiro atoms. The van der Waals surface area contributed by atoms with Crippen LogP contribution in [0.4, 0.5) is 4.39 Å². The fourth-order valence-corrected chi connectivity index (χ4v) is 3.13. The predicted octanol–water partition coefficient (Wildman–Crippen LogP) is 4.94. The summed E-state index contributed by atoms with van der Waals surface area (Å²) in [5.41, 5.74) is 0.772. The van der Waals surface area contributed by atoms with Crippen LogP contribution in [0.3, 0.4) is 0 Å². The summed E-state index contributed by atoms with van der Waals surface area (Å²) in [6.07, 6.45) is -0.118. The van der Waals surface area contributed by atoms with Crippen molar-refractivity contribution in [3.8, 4) is 0 Å². The van der Waals surface area contributed by atoms with E-state index >= 15 is 0 Å². The molecule has 0 fully saturated rings. The van der Waals surface area contributed by atoms with Crippen LogP contribution in [0.2, 0.25) is 5.02 Å². The molecule has 20 heavy (non-hydrogen) atoms. The second-order valence-electron chi connectivity index (χ2n) is 4.34. The Morgan fingerprint density at radius 2 is 1.90 bits per heavy atom. The highest BCUT2D eigenvalue weighted by Gasteiger charge is 2.11. The molecule has 0 aliphatic carbocycles. The lowest BCUT2D eigenvalue weighted by atomic mass is 10.1. The van der Waals surface area contributed by atoms with Crippen LogP contribution in [-0.2, 0) is 6.42 Å². The summed E-state index contributed by atoms with van der Waals surface area (Å²) in [4.78, 5) is 1.05. The molecule has 1 N–H and O–H groups in total. The maximum absolute atomic E-state index is 13.4. The standard InChI is InChI=1S/C15H13BrClFOS/c16-15-10(2-1-3-14(15)18)8-12(19)9-20-13-6-4-11(17)5-7-13/h1-7,12,19H,8-9H2. The van der Waals surface area contributed by atoms with E-state index in [0.717, 1.165) is 10.5 Å². The lowest BCUT2D eigenvalue weighted by molar-refractivity contribution is 0.200. The summed E-state index contributed by atoms with van der Waals surface area (Å²) in [5, 5.41) is 10.7. The Kier molecular flexibility index (Phi) is 5.90. The number of aliphatic hydroxyl groups excluding tert-OH is 1. The topological polar surface area (TPSA) is 20.2 Å². The van der Waals surface area contributed by atoms with Gasteiger partial charge in [0.1, 0.15) is 5.82 Å². The maximum Gasteiger partial charge on any atom is 0.137 e. The zero-order valence-electron chi connectivity index (χ0n) is 10.5. The van der Waals surface area contributed by atoms with Crippen molar-refractivity contribution in [3.63, 3.8) is 0 Å². The molecule has 0 amide bonds. The molecule has 0 saturated carbocycles. The zero-order chi connectivity index (χ0) is 14.5. The molecule has 0 aromatic heterocycles. The minimum absolute atomic E-state index is 0.306. The Morgan fingerprint density at radius 1 is 1.20 bits per heavy atom. The van der Waals surface area contributed by atoms with E-state index in [-0.39, 0.29) is 5.82 Å². The molecule has 0 heterocycles. The molecule has 2 rings (SSSR count). The summed E-state index contributed by atoms with van der Waals surface area (Å²) in [6, 6.07) is 12.3. The average molecular weight is 376 g/mol. The van der Waals surface area contributed by atoms with Crippen molar-refractivity contribution in [1.82, 2.24) is 0 Å². The molecule has 0 aliphatic heterocycles. The zero-order valence-corrected chi connectivity index (χ0v) is 13.7. The van der Waals surface area contributed by atoms with Crippen molar-refractivity contribution >= 4 is 39.3 Å². The van der Waals surface area contributed by atoms with E-state index in [1.807, 2.05) is 30.3 Å². The van der Waals surface area contributed by atoms with Crippen molar-refractivity contribution in [2.75, 3.05) is 5.75 Å². The van der Waals surface area contributed by atoms with Gasteiger partial charge in [0.2, 0.25) is 0 Å². The summed E-state index contributed by atoms with van der Waals surface area (Å²) in [6.45, 7) is 0. The number of halogens is 3. The predicted molar refractivity (Wildman–Crippen MR) is 86.0 cm³/mol. The van der Waals surface area contributed by atoms with Crippen LogP contribution in [-0.4, -0.2) is 17.0 Å². The van der Waals surface area contributed by atoms with Crippen LogP contribution in [0.5, 0.6) is 0 Å². The number of hydrogen-bond donors (Lipinski definition) is 1. The summed E-state index contributed by atoms with van der Waals surface area (Å²) >= 11 is 10.6. The van der Waals surface area contributed by atoms with E-state index in [9.17, 15) is 9.50 Å². The Balaban J connectivity index is 1.91. The second kappa shape index (κ2) is 7.46. The van der Waals surface area contributed by atoms with E-state index in [1.54, 1.807) is 17.8 Å². The monoisotopic (exact) mass is 374 g/mol. The molecule has 0 bridgehead atoms. The van der Waals surface area contributed by atoms with Crippen LogP contribution >= 0.6 is 39.3 Å². The first kappa shape index (κ1) is 15.8. The van der Waals surface area contributed by atoms with Gasteiger partial charge in [-0.1, -0.05) is 23.7 Å². The van der Waals surface area contributed by atoms with Crippen molar-refractivity contribution in [2.24, 2.45) is 0 Å². The Morgan fingerprint density at radius 3 is 2.60 bits per heavy atom. The van der Waals surface area contributed by atoms with Crippen LogP contribution in [0.25, 0.3) is 0 Å². The smallest absolute Gasteiger partial charge is 0.137 e. The fourth-order valence-electron chi connectivity index (χ4n) is 1.74. The highest BCUT2D eigenvalue weighted by atomic mass is 79.9. The molecule has 2 aromatic carbocycles. The van der Waals surface area contributed by atoms with E-state index < -0.39 is 6.10 Å². The van der Waals surface area contributed by atoms with Gasteiger partial charge in [-0.3, -0.25) is 0 Å². The van der Waals surface area contributed by atoms with Gasteiger partial charge in [0, 0.05) is 22.1 Å². The van der Waals surface area contributed by atoms with Gasteiger partial charge in [-0.25, -0.2) is 4.39 Å². The summed E-state index contributed by atoms with van der Waals surface area (Å²) in [5.74, 6) is 0.241. The Bertz CT molecular complexity index is 577. The van der Waals surface area contributed by atoms with Gasteiger partial charge >= 0.3 is 0 Å². The Hall–Kier alpha value is -0.550. The normalized spacial score (nSPS) is 12.4. The first-order valence-corrected chi connectivity index (χ1v) is 8.21. The van der Waals surface area contributed by atoms with Gasteiger partial charge in [-0.15, -0.1) is 11.8 Å². The van der Waals surface area contributed by atoms with Crippen molar-refractivity contribution in [3.05, 3.63) is 63.3 Å². The summed E-state index contributed by atoms with van der Waals surface area (Å²) < 4.78 is 13.8. The minimum Gasteiger partial charge on any atom is -0.392 e. The molecule has 1 unspecified atom stereocenters. The first-order valence-electron chi connectivity index (χ1n) is 6.05. The van der Waals surface area contributed by atoms with E-state index in [2.05, 4.69) is 15.9 Å². The molecule has 0 aliphatic rings. The van der Waals surface area contributed by atoms with Gasteiger partial charge in [-0.2, -0.15) is 0 Å². The fraction of sp³-hybridized carbons (Fsp3) is 0.200. The van der Waals surface area contributed by atoms with Gasteiger partial charge < -0.3 is 5.11 Å². The van der Waals surface area contributed by atoms with Crippen molar-refractivity contribution in [1.29, 1.82) is 0 Å². The SMILES string of the molecule is OC(CSc1ccc(Cl)cc1)Cc1cccc(F)c1Br. The van der Waals surface area contributed by atoms with Crippen LogP contribution in [0.1, 0.15) is 5.56 Å². The van der Waals surface area contributed by atoms with Crippen LogP contribution < -0.4 is 0 Å². The van der Waals surface area contributed by atoms with Crippen molar-refractivity contribution < 1.29 is 9.50 Å². The molecule has 0 saturated heterocycles. The third-order valence-electron chi connectivity index (χ3n) is 2.74. The van der Waals surface area contributed by atoms with Gasteiger partial charge in [-0.05, 0) is 51.8 Å². The van der Waals surface area contributed by atoms with Crippen LogP contribution in [0, 0.1) is 5.82 Å². The summed E-state index contributed by atoms with van der Waals surface area (Å²) in [7, 11) is 0. The largest absolute Gasteiger partial charge is 0.392 e.